The van der Waals surface area contributed by atoms with Crippen molar-refractivity contribution in [3.63, 3.8) is 0 Å². The number of hydrogen-bond acceptors (Lipinski definition) is 0. The molecule has 1 radical (unpaired) electrons. The summed E-state index contributed by atoms with van der Waals surface area (Å²) in [5, 5.41) is 0. The Labute approximate surface area is 59.0 Å². The summed E-state index contributed by atoms with van der Waals surface area (Å²) in [4.78, 5) is 0. The molecule has 0 spiro atoms. The van der Waals surface area contributed by atoms with Gasteiger partial charge in [-0.15, -0.1) is 0 Å². The topological polar surface area (TPSA) is 0 Å². The van der Waals surface area contributed by atoms with Crippen LogP contribution in [0, 0.1) is 5.92 Å². The van der Waals surface area contributed by atoms with Gasteiger partial charge in [0.25, 0.3) is 0 Å². The first-order valence-electron chi connectivity index (χ1n) is 3.71. The third-order valence-electron chi connectivity index (χ3n) is 1.15. The Kier molecular flexibility index (Phi) is 5.70. The SMILES string of the molecule is CCC/C=C/C[C](C)C. The highest BCUT2D eigenvalue weighted by Crippen LogP contribution is 2.03. The summed E-state index contributed by atoms with van der Waals surface area (Å²) in [6.45, 7) is 6.53. The predicted molar refractivity (Wildman–Crippen MR) is 43.3 cm³/mol. The molecule has 0 saturated carbocycles. The Bertz CT molecular complexity index is 70.1. The predicted octanol–water partition coefficient (Wildman–Crippen LogP) is 3.35. The van der Waals surface area contributed by atoms with Crippen LogP contribution in [0.4, 0.5) is 0 Å². The van der Waals surface area contributed by atoms with Gasteiger partial charge < -0.3 is 0 Å². The van der Waals surface area contributed by atoms with Crippen LogP contribution in [0.3, 0.4) is 0 Å². The van der Waals surface area contributed by atoms with E-state index in [1.165, 1.54) is 18.8 Å². The standard InChI is InChI=1S/C9H17/c1-4-5-6-7-8-9(2)3/h6-7H,4-5,8H2,1-3H3/b7-6+. The summed E-state index contributed by atoms with van der Waals surface area (Å²) in [5.74, 6) is 1.49. The van der Waals surface area contributed by atoms with Gasteiger partial charge >= 0.3 is 0 Å². The van der Waals surface area contributed by atoms with Crippen molar-refractivity contribution in [2.45, 2.75) is 40.0 Å². The van der Waals surface area contributed by atoms with E-state index in [-0.39, 0.29) is 0 Å². The van der Waals surface area contributed by atoms with E-state index in [9.17, 15) is 0 Å². The molecule has 0 rings (SSSR count). The van der Waals surface area contributed by atoms with Crippen LogP contribution in [0.15, 0.2) is 12.2 Å². The summed E-state index contributed by atoms with van der Waals surface area (Å²) in [6.07, 6.45) is 8.15. The van der Waals surface area contributed by atoms with Gasteiger partial charge in [0.05, 0.1) is 0 Å². The Morgan fingerprint density at radius 2 is 1.89 bits per heavy atom. The van der Waals surface area contributed by atoms with Crippen molar-refractivity contribution in [2.75, 3.05) is 0 Å². The van der Waals surface area contributed by atoms with Crippen molar-refractivity contribution in [1.29, 1.82) is 0 Å². The van der Waals surface area contributed by atoms with Crippen molar-refractivity contribution in [2.24, 2.45) is 0 Å². The van der Waals surface area contributed by atoms with E-state index < -0.39 is 0 Å². The van der Waals surface area contributed by atoms with Gasteiger partial charge in [0.2, 0.25) is 0 Å². The fourth-order valence-electron chi connectivity index (χ4n) is 0.604. The van der Waals surface area contributed by atoms with Crippen molar-refractivity contribution in [3.05, 3.63) is 18.1 Å². The van der Waals surface area contributed by atoms with Crippen molar-refractivity contribution in [1.82, 2.24) is 0 Å². The molecule has 0 heterocycles. The van der Waals surface area contributed by atoms with Crippen LogP contribution in [0.1, 0.15) is 40.0 Å². The summed E-state index contributed by atoms with van der Waals surface area (Å²) in [5.41, 5.74) is 0. The first-order valence-corrected chi connectivity index (χ1v) is 3.71. The van der Waals surface area contributed by atoms with Gasteiger partial charge in [-0.2, -0.15) is 0 Å². The third kappa shape index (κ3) is 7.74. The van der Waals surface area contributed by atoms with Crippen LogP contribution >= 0.6 is 0 Å². The van der Waals surface area contributed by atoms with E-state index in [4.69, 9.17) is 0 Å². The zero-order valence-electron chi connectivity index (χ0n) is 6.78. The lowest BCUT2D eigenvalue weighted by molar-refractivity contribution is 0.936. The number of hydrogen-bond donors (Lipinski definition) is 0. The van der Waals surface area contributed by atoms with E-state index in [1.54, 1.807) is 0 Å². The smallest absolute Gasteiger partial charge is 0.0265 e. The minimum atomic E-state index is 1.15. The molecule has 0 amide bonds. The van der Waals surface area contributed by atoms with Gasteiger partial charge in [-0.25, -0.2) is 0 Å². The highest BCUT2D eigenvalue weighted by Gasteiger charge is 1.86. The monoisotopic (exact) mass is 125 g/mol. The molecule has 0 aromatic carbocycles. The maximum atomic E-state index is 2.26. The molecule has 0 aliphatic rings. The molecule has 0 aromatic heterocycles. The lowest BCUT2D eigenvalue weighted by Gasteiger charge is -1.94. The maximum absolute atomic E-state index is 2.26. The normalized spacial score (nSPS) is 11.6. The Morgan fingerprint density at radius 1 is 1.22 bits per heavy atom. The van der Waals surface area contributed by atoms with Crippen LogP contribution in [0.5, 0.6) is 0 Å². The molecule has 0 heteroatoms. The fraction of sp³-hybridized carbons (Fsp3) is 0.667. The number of allylic oxidation sites excluding steroid dienone is 2. The third-order valence-corrected chi connectivity index (χ3v) is 1.15. The molecule has 0 fully saturated rings. The Morgan fingerprint density at radius 3 is 2.33 bits per heavy atom. The Hall–Kier alpha value is -0.260. The number of unbranched alkanes of at least 4 members (excludes halogenated alkanes) is 1. The van der Waals surface area contributed by atoms with Gasteiger partial charge in [0.1, 0.15) is 0 Å². The lowest BCUT2D eigenvalue weighted by Crippen LogP contribution is -1.77. The average molecular weight is 125 g/mol. The van der Waals surface area contributed by atoms with Crippen molar-refractivity contribution < 1.29 is 0 Å². The average Bonchev–Trinajstić information content (AvgIpc) is 1.80. The zero-order valence-corrected chi connectivity index (χ0v) is 6.78. The number of rotatable bonds is 4. The van der Waals surface area contributed by atoms with Gasteiger partial charge in [-0.3, -0.25) is 0 Å². The van der Waals surface area contributed by atoms with Crippen LogP contribution in [0.2, 0.25) is 0 Å². The minimum Gasteiger partial charge on any atom is -0.0885 e. The maximum Gasteiger partial charge on any atom is -0.0265 e. The second-order valence-corrected chi connectivity index (χ2v) is 2.67. The molecule has 0 N–H and O–H groups in total. The molecular formula is C9H17. The highest BCUT2D eigenvalue weighted by atomic mass is 13.9. The first-order chi connectivity index (χ1) is 4.27. The molecular weight excluding hydrogens is 108 g/mol. The highest BCUT2D eigenvalue weighted by molar-refractivity contribution is 4.91. The fourth-order valence-corrected chi connectivity index (χ4v) is 0.604. The van der Waals surface area contributed by atoms with Crippen LogP contribution in [-0.2, 0) is 0 Å². The first kappa shape index (κ1) is 8.74. The van der Waals surface area contributed by atoms with Crippen LogP contribution < -0.4 is 0 Å². The van der Waals surface area contributed by atoms with Crippen LogP contribution in [0.25, 0.3) is 0 Å². The van der Waals surface area contributed by atoms with E-state index in [1.807, 2.05) is 0 Å². The molecule has 0 unspecified atom stereocenters. The van der Waals surface area contributed by atoms with Gasteiger partial charge in [0.15, 0.2) is 0 Å². The van der Waals surface area contributed by atoms with Crippen molar-refractivity contribution >= 4 is 0 Å². The lowest BCUT2D eigenvalue weighted by atomic mass is 10.1. The molecule has 0 bridgehead atoms. The summed E-state index contributed by atoms with van der Waals surface area (Å²) >= 11 is 0. The largest absolute Gasteiger partial charge is 0.0885 e. The van der Waals surface area contributed by atoms with E-state index in [2.05, 4.69) is 32.9 Å². The molecule has 0 aliphatic heterocycles. The molecule has 9 heavy (non-hydrogen) atoms. The minimum absolute atomic E-state index is 1.15. The van der Waals surface area contributed by atoms with E-state index in [0.29, 0.717) is 0 Å². The van der Waals surface area contributed by atoms with E-state index in [0.717, 1.165) is 6.42 Å². The second kappa shape index (κ2) is 5.87. The molecule has 0 nitrogen and oxygen atoms in total. The molecule has 0 atom stereocenters. The summed E-state index contributed by atoms with van der Waals surface area (Å²) in [7, 11) is 0. The second-order valence-electron chi connectivity index (χ2n) is 2.67. The van der Waals surface area contributed by atoms with Crippen molar-refractivity contribution in [3.8, 4) is 0 Å². The molecule has 53 valence electrons. The summed E-state index contributed by atoms with van der Waals surface area (Å²) < 4.78 is 0. The quantitative estimate of drug-likeness (QED) is 0.505. The van der Waals surface area contributed by atoms with Gasteiger partial charge in [-0.05, 0) is 18.8 Å². The van der Waals surface area contributed by atoms with Gasteiger partial charge in [0, 0.05) is 0 Å². The van der Waals surface area contributed by atoms with Gasteiger partial charge in [-0.1, -0.05) is 39.3 Å². The summed E-state index contributed by atoms with van der Waals surface area (Å²) in [6, 6.07) is 0. The molecule has 0 aliphatic carbocycles. The van der Waals surface area contributed by atoms with E-state index >= 15 is 0 Å². The molecule has 0 saturated heterocycles. The van der Waals surface area contributed by atoms with Crippen LogP contribution in [-0.4, -0.2) is 0 Å². The zero-order chi connectivity index (χ0) is 7.11. The molecule has 0 aromatic rings. The Balaban J connectivity index is 3.04.